The van der Waals surface area contributed by atoms with Crippen LogP contribution in [0.4, 0.5) is 5.69 Å². The molecule has 0 bridgehead atoms. The van der Waals surface area contributed by atoms with Crippen LogP contribution in [-0.2, 0) is 19.9 Å². The normalized spacial score (nSPS) is 20.5. The molecule has 2 aromatic carbocycles. The molecule has 188 valence electrons. The van der Waals surface area contributed by atoms with E-state index >= 15 is 0 Å². The van der Waals surface area contributed by atoms with Gasteiger partial charge in [-0.1, -0.05) is 24.3 Å². The number of anilines is 1. The first-order chi connectivity index (χ1) is 17.3. The standard InChI is InChI=1S/C28H31N3O5/c1-5-16-30-22-11-8-7-10-21(22)28(27(30)35)23(24(32)19-12-14-20(15-13-19)36-6-2)25(33)26(34)31(28)18-9-17-29(3)4/h5,7-8,10-15,32H,1,6,9,16-18H2,2-4H3/t28-/m0/s1. The van der Waals surface area contributed by atoms with Crippen LogP contribution in [0, 0.1) is 0 Å². The number of rotatable bonds is 9. The second kappa shape index (κ2) is 9.99. The number of Topliss-reactive ketones (excluding diaryl/α,β-unsaturated/α-hetero) is 1. The van der Waals surface area contributed by atoms with Gasteiger partial charge >= 0.3 is 0 Å². The van der Waals surface area contributed by atoms with Gasteiger partial charge in [-0.25, -0.2) is 0 Å². The van der Waals surface area contributed by atoms with Crippen molar-refractivity contribution >= 4 is 29.0 Å². The number of hydrogen-bond donors (Lipinski definition) is 1. The summed E-state index contributed by atoms with van der Waals surface area (Å²) in [5.74, 6) is -1.93. The Morgan fingerprint density at radius 1 is 1.11 bits per heavy atom. The van der Waals surface area contributed by atoms with Gasteiger partial charge in [0.15, 0.2) is 5.54 Å². The summed E-state index contributed by atoms with van der Waals surface area (Å²) in [5.41, 5.74) is -0.585. The van der Waals surface area contributed by atoms with Gasteiger partial charge in [-0.15, -0.1) is 6.58 Å². The van der Waals surface area contributed by atoms with Crippen molar-refractivity contribution < 1.29 is 24.2 Å². The van der Waals surface area contributed by atoms with Crippen molar-refractivity contribution in [2.45, 2.75) is 18.9 Å². The maximum absolute atomic E-state index is 14.2. The van der Waals surface area contributed by atoms with E-state index in [9.17, 15) is 19.5 Å². The van der Waals surface area contributed by atoms with E-state index in [0.717, 1.165) is 0 Å². The van der Waals surface area contributed by atoms with Gasteiger partial charge in [-0.2, -0.15) is 0 Å². The highest BCUT2D eigenvalue weighted by molar-refractivity contribution is 6.50. The monoisotopic (exact) mass is 489 g/mol. The number of nitrogens with zero attached hydrogens (tertiary/aromatic N) is 3. The number of ether oxygens (including phenoxy) is 1. The molecular weight excluding hydrogens is 458 g/mol. The van der Waals surface area contributed by atoms with Gasteiger partial charge in [0.05, 0.1) is 17.9 Å². The van der Waals surface area contributed by atoms with E-state index in [1.54, 1.807) is 54.6 Å². The minimum absolute atomic E-state index is 0.171. The maximum Gasteiger partial charge on any atom is 0.296 e. The van der Waals surface area contributed by atoms with Crippen LogP contribution in [-0.4, -0.2) is 72.8 Å². The lowest BCUT2D eigenvalue weighted by Crippen LogP contribution is -2.52. The summed E-state index contributed by atoms with van der Waals surface area (Å²) >= 11 is 0. The second-order valence-electron chi connectivity index (χ2n) is 9.06. The number of ketones is 1. The van der Waals surface area contributed by atoms with Crippen molar-refractivity contribution in [1.29, 1.82) is 0 Å². The quantitative estimate of drug-likeness (QED) is 0.252. The van der Waals surface area contributed by atoms with Crippen LogP contribution in [0.1, 0.15) is 24.5 Å². The van der Waals surface area contributed by atoms with Crippen molar-refractivity contribution in [3.8, 4) is 5.75 Å². The Morgan fingerprint density at radius 2 is 1.81 bits per heavy atom. The van der Waals surface area contributed by atoms with Crippen LogP contribution >= 0.6 is 0 Å². The van der Waals surface area contributed by atoms with Gasteiger partial charge in [0.1, 0.15) is 11.5 Å². The molecule has 2 amide bonds. The van der Waals surface area contributed by atoms with Crippen LogP contribution in [0.2, 0.25) is 0 Å². The lowest BCUT2D eigenvalue weighted by molar-refractivity contribution is -0.143. The molecule has 1 atom stereocenters. The Morgan fingerprint density at radius 3 is 2.44 bits per heavy atom. The van der Waals surface area contributed by atoms with Crippen molar-refractivity contribution in [3.05, 3.63) is 77.9 Å². The molecule has 1 spiro atoms. The zero-order chi connectivity index (χ0) is 26.0. The molecule has 1 fully saturated rings. The highest BCUT2D eigenvalue weighted by atomic mass is 16.5. The van der Waals surface area contributed by atoms with Gasteiger partial charge in [0.2, 0.25) is 0 Å². The van der Waals surface area contributed by atoms with E-state index in [1.165, 1.54) is 9.80 Å². The van der Waals surface area contributed by atoms with Crippen molar-refractivity contribution in [2.75, 3.05) is 45.2 Å². The molecule has 0 aliphatic carbocycles. The molecule has 8 nitrogen and oxygen atoms in total. The number of carbonyl (C=O) groups is 3. The van der Waals surface area contributed by atoms with E-state index in [2.05, 4.69) is 6.58 Å². The topological polar surface area (TPSA) is 90.4 Å². The highest BCUT2D eigenvalue weighted by Gasteiger charge is 2.66. The summed E-state index contributed by atoms with van der Waals surface area (Å²) in [7, 11) is 3.83. The Labute approximate surface area is 211 Å². The number of benzene rings is 2. The molecule has 8 heteroatoms. The van der Waals surface area contributed by atoms with Gasteiger partial charge in [-0.05, 0) is 64.3 Å². The summed E-state index contributed by atoms with van der Waals surface area (Å²) in [6.07, 6.45) is 2.14. The molecule has 0 radical (unpaired) electrons. The zero-order valence-electron chi connectivity index (χ0n) is 20.9. The molecular formula is C28H31N3O5. The first-order valence-electron chi connectivity index (χ1n) is 12.0. The Balaban J connectivity index is 1.96. The van der Waals surface area contributed by atoms with Crippen LogP contribution in [0.15, 0.2) is 66.8 Å². The van der Waals surface area contributed by atoms with Gasteiger partial charge in [-0.3, -0.25) is 14.4 Å². The molecule has 1 N–H and O–H groups in total. The first-order valence-corrected chi connectivity index (χ1v) is 12.0. The largest absolute Gasteiger partial charge is 0.507 e. The predicted molar refractivity (Wildman–Crippen MR) is 138 cm³/mol. The maximum atomic E-state index is 14.2. The number of likely N-dealkylation sites (tertiary alicyclic amines) is 1. The van der Waals surface area contributed by atoms with Crippen LogP contribution in [0.5, 0.6) is 5.75 Å². The Hall–Kier alpha value is -3.91. The number of para-hydroxylation sites is 1. The van der Waals surface area contributed by atoms with E-state index in [4.69, 9.17) is 4.74 Å². The third-order valence-electron chi connectivity index (χ3n) is 6.55. The fourth-order valence-electron chi connectivity index (χ4n) is 5.04. The minimum atomic E-state index is -1.76. The summed E-state index contributed by atoms with van der Waals surface area (Å²) < 4.78 is 5.48. The second-order valence-corrected chi connectivity index (χ2v) is 9.06. The van der Waals surface area contributed by atoms with Crippen LogP contribution in [0.3, 0.4) is 0 Å². The first kappa shape index (κ1) is 25.2. The molecule has 2 aliphatic heterocycles. The van der Waals surface area contributed by atoms with Crippen molar-refractivity contribution in [1.82, 2.24) is 9.80 Å². The molecule has 2 aromatic rings. The molecule has 2 aliphatic rings. The zero-order valence-corrected chi connectivity index (χ0v) is 20.9. The Bertz CT molecular complexity index is 1230. The summed E-state index contributed by atoms with van der Waals surface area (Å²) in [6.45, 7) is 7.14. The average Bonchev–Trinajstić information content (AvgIpc) is 3.23. The highest BCUT2D eigenvalue weighted by Crippen LogP contribution is 2.53. The average molecular weight is 490 g/mol. The molecule has 4 rings (SSSR count). The van der Waals surface area contributed by atoms with Crippen LogP contribution in [0.25, 0.3) is 5.76 Å². The molecule has 36 heavy (non-hydrogen) atoms. The van der Waals surface area contributed by atoms with E-state index in [1.807, 2.05) is 25.9 Å². The third-order valence-corrected chi connectivity index (χ3v) is 6.55. The van der Waals surface area contributed by atoms with E-state index in [-0.39, 0.29) is 18.7 Å². The van der Waals surface area contributed by atoms with Gasteiger partial charge in [0.25, 0.3) is 17.6 Å². The summed E-state index contributed by atoms with van der Waals surface area (Å²) in [5, 5.41) is 11.5. The molecule has 0 saturated carbocycles. The van der Waals surface area contributed by atoms with E-state index in [0.29, 0.717) is 42.1 Å². The van der Waals surface area contributed by atoms with Gasteiger partial charge < -0.3 is 24.5 Å². The van der Waals surface area contributed by atoms with E-state index < -0.39 is 28.9 Å². The molecule has 1 saturated heterocycles. The molecule has 0 unspecified atom stereocenters. The number of aliphatic hydroxyl groups is 1. The molecule has 0 aromatic heterocycles. The van der Waals surface area contributed by atoms with Crippen LogP contribution < -0.4 is 9.64 Å². The SMILES string of the molecule is C=CCN1C(=O)[C@@]2(C(=C(O)c3ccc(OCC)cc3)C(=O)C(=O)N2CCCN(C)C)c2ccccc21. The number of hydrogen-bond acceptors (Lipinski definition) is 6. The predicted octanol–water partition coefficient (Wildman–Crippen LogP) is 3.15. The third kappa shape index (κ3) is 3.87. The Kier molecular flexibility index (Phi) is 6.99. The number of fused-ring (bicyclic) bond motifs is 2. The van der Waals surface area contributed by atoms with Gasteiger partial charge in [0, 0.05) is 24.2 Å². The van der Waals surface area contributed by atoms with Crippen molar-refractivity contribution in [2.24, 2.45) is 0 Å². The summed E-state index contributed by atoms with van der Waals surface area (Å²) in [4.78, 5) is 46.0. The number of carbonyl (C=O) groups excluding carboxylic acids is 3. The smallest absolute Gasteiger partial charge is 0.296 e. The van der Waals surface area contributed by atoms with Crippen molar-refractivity contribution in [3.63, 3.8) is 0 Å². The number of amides is 2. The molecule has 2 heterocycles. The fourth-order valence-corrected chi connectivity index (χ4v) is 5.04. The lowest BCUT2D eigenvalue weighted by atomic mass is 9.82. The fraction of sp³-hybridized carbons (Fsp3) is 0.321. The minimum Gasteiger partial charge on any atom is -0.507 e. The summed E-state index contributed by atoms with van der Waals surface area (Å²) in [6, 6.07) is 13.7. The lowest BCUT2D eigenvalue weighted by Gasteiger charge is -2.34. The number of aliphatic hydroxyl groups excluding tert-OH is 1.